The van der Waals surface area contributed by atoms with E-state index in [1.54, 1.807) is 11.3 Å². The van der Waals surface area contributed by atoms with E-state index in [0.29, 0.717) is 5.91 Å². The van der Waals surface area contributed by atoms with E-state index in [2.05, 4.69) is 10.2 Å². The van der Waals surface area contributed by atoms with Crippen LogP contribution < -0.4 is 10.2 Å². The molecule has 2 fully saturated rings. The van der Waals surface area contributed by atoms with E-state index in [9.17, 15) is 9.59 Å². The maximum atomic E-state index is 12.8. The topological polar surface area (TPSA) is 65.5 Å². The number of nitrogens with one attached hydrogen (secondary N) is 1. The van der Waals surface area contributed by atoms with Crippen molar-refractivity contribution in [3.05, 3.63) is 40.4 Å². The molecule has 31 heavy (non-hydrogen) atoms. The minimum atomic E-state index is -0.000881. The number of hydrogen-bond donors (Lipinski definition) is 1. The molecule has 1 atom stereocenters. The van der Waals surface area contributed by atoms with E-state index >= 15 is 0 Å². The number of fused-ring (bicyclic) bond motifs is 1. The molecule has 1 aliphatic heterocycles. The molecule has 2 aromatic rings. The number of hydrogen-bond acceptors (Lipinski definition) is 5. The molecule has 1 N–H and O–H groups in total. The second-order valence-corrected chi connectivity index (χ2v) is 10.2. The Hall–Kier alpha value is -2.41. The zero-order valence-electron chi connectivity index (χ0n) is 18.1. The standard InChI is InChI=1S/C24H30N4O2S/c1-16-5-8-19(9-6-16)25-22(29)18-7-10-20-21(15-18)31-24(26-20)28-13-11-27(12-14-28)23(30)17-3-2-4-17/h5-6,8-9,17-18H,2-4,7,10-15H2,1H3,(H,25,29). The van der Waals surface area contributed by atoms with Gasteiger partial charge in [0.1, 0.15) is 0 Å². The van der Waals surface area contributed by atoms with Crippen molar-refractivity contribution < 1.29 is 9.59 Å². The van der Waals surface area contributed by atoms with Crippen LogP contribution in [0.2, 0.25) is 0 Å². The van der Waals surface area contributed by atoms with Gasteiger partial charge in [0.15, 0.2) is 5.13 Å². The number of thiazole rings is 1. The maximum absolute atomic E-state index is 12.8. The van der Waals surface area contributed by atoms with E-state index in [4.69, 9.17) is 4.98 Å². The Morgan fingerprint density at radius 3 is 2.45 bits per heavy atom. The first-order valence-electron chi connectivity index (χ1n) is 11.5. The van der Waals surface area contributed by atoms with Gasteiger partial charge in [-0.1, -0.05) is 24.1 Å². The molecule has 1 unspecified atom stereocenters. The average Bonchev–Trinajstić information content (AvgIpc) is 3.17. The van der Waals surface area contributed by atoms with Crippen LogP contribution >= 0.6 is 11.3 Å². The number of nitrogens with zero attached hydrogens (tertiary/aromatic N) is 3. The lowest BCUT2D eigenvalue weighted by Crippen LogP contribution is -2.51. The summed E-state index contributed by atoms with van der Waals surface area (Å²) < 4.78 is 0. The molecule has 2 heterocycles. The number of amides is 2. The molecule has 6 nitrogen and oxygen atoms in total. The molecule has 1 aromatic heterocycles. The first-order valence-corrected chi connectivity index (χ1v) is 12.3. The van der Waals surface area contributed by atoms with Crippen molar-refractivity contribution in [3.8, 4) is 0 Å². The molecule has 3 aliphatic rings. The Morgan fingerprint density at radius 2 is 1.77 bits per heavy atom. The third kappa shape index (κ3) is 4.33. The van der Waals surface area contributed by atoms with Crippen LogP contribution in [0, 0.1) is 18.8 Å². The Labute approximate surface area is 187 Å². The summed E-state index contributed by atoms with van der Waals surface area (Å²) in [5.41, 5.74) is 3.21. The highest BCUT2D eigenvalue weighted by Crippen LogP contribution is 2.35. The lowest BCUT2D eigenvalue weighted by Gasteiger charge is -2.38. The lowest BCUT2D eigenvalue weighted by atomic mass is 9.84. The van der Waals surface area contributed by atoms with Crippen molar-refractivity contribution in [1.82, 2.24) is 9.88 Å². The number of aromatic nitrogens is 1. The molecule has 1 aromatic carbocycles. The lowest BCUT2D eigenvalue weighted by molar-refractivity contribution is -0.138. The number of anilines is 2. The zero-order chi connectivity index (χ0) is 21.4. The third-order valence-corrected chi connectivity index (χ3v) is 8.12. The third-order valence-electron chi connectivity index (χ3n) is 6.93. The van der Waals surface area contributed by atoms with Crippen LogP contribution in [0.3, 0.4) is 0 Å². The van der Waals surface area contributed by atoms with E-state index < -0.39 is 0 Å². The van der Waals surface area contributed by atoms with E-state index in [-0.39, 0.29) is 17.7 Å². The summed E-state index contributed by atoms with van der Waals surface area (Å²) in [5, 5.41) is 4.13. The van der Waals surface area contributed by atoms with Gasteiger partial charge in [-0.3, -0.25) is 9.59 Å². The van der Waals surface area contributed by atoms with Gasteiger partial charge in [0.2, 0.25) is 11.8 Å². The van der Waals surface area contributed by atoms with E-state index in [0.717, 1.165) is 74.8 Å². The summed E-state index contributed by atoms with van der Waals surface area (Å²) in [6, 6.07) is 7.95. The minimum Gasteiger partial charge on any atom is -0.345 e. The molecule has 5 rings (SSSR count). The summed E-state index contributed by atoms with van der Waals surface area (Å²) in [7, 11) is 0. The van der Waals surface area contributed by atoms with Crippen LogP contribution in [0.15, 0.2) is 24.3 Å². The fourth-order valence-electron chi connectivity index (χ4n) is 4.63. The van der Waals surface area contributed by atoms with Gasteiger partial charge in [0.05, 0.1) is 5.69 Å². The van der Waals surface area contributed by atoms with Crippen LogP contribution in [0.1, 0.15) is 41.8 Å². The van der Waals surface area contributed by atoms with Gasteiger partial charge < -0.3 is 15.1 Å². The Kier molecular flexibility index (Phi) is 5.69. The largest absolute Gasteiger partial charge is 0.345 e. The van der Waals surface area contributed by atoms with E-state index in [1.807, 2.05) is 36.1 Å². The number of rotatable bonds is 4. The monoisotopic (exact) mass is 438 g/mol. The molecule has 0 bridgehead atoms. The molecule has 2 amide bonds. The number of aryl methyl sites for hydroxylation is 2. The average molecular weight is 439 g/mol. The maximum Gasteiger partial charge on any atom is 0.227 e. The zero-order valence-corrected chi connectivity index (χ0v) is 18.9. The summed E-state index contributed by atoms with van der Waals surface area (Å²) in [6.07, 6.45) is 5.80. The van der Waals surface area contributed by atoms with Gasteiger partial charge in [-0.15, -0.1) is 11.3 Å². The Balaban J connectivity index is 1.18. The van der Waals surface area contributed by atoms with Gasteiger partial charge >= 0.3 is 0 Å². The summed E-state index contributed by atoms with van der Waals surface area (Å²) in [5.74, 6) is 0.736. The fourth-order valence-corrected chi connectivity index (χ4v) is 5.87. The fraction of sp³-hybridized carbons (Fsp3) is 0.542. The van der Waals surface area contributed by atoms with E-state index in [1.165, 1.54) is 16.9 Å². The quantitative estimate of drug-likeness (QED) is 0.792. The molecule has 0 spiro atoms. The van der Waals surface area contributed by atoms with Crippen LogP contribution in [0.5, 0.6) is 0 Å². The summed E-state index contributed by atoms with van der Waals surface area (Å²) >= 11 is 1.73. The second-order valence-electron chi connectivity index (χ2n) is 9.10. The molecular weight excluding hydrogens is 408 g/mol. The van der Waals surface area contributed by atoms with Crippen molar-refractivity contribution >= 4 is 34.0 Å². The molecule has 7 heteroatoms. The SMILES string of the molecule is Cc1ccc(NC(=O)C2CCc3nc(N4CCN(C(=O)C5CCC5)CC4)sc3C2)cc1. The van der Waals surface area contributed by atoms with Gasteiger partial charge in [0, 0.05) is 48.6 Å². The van der Waals surface area contributed by atoms with Crippen molar-refractivity contribution in [2.24, 2.45) is 11.8 Å². The molecule has 164 valence electrons. The molecule has 1 saturated heterocycles. The smallest absolute Gasteiger partial charge is 0.227 e. The van der Waals surface area contributed by atoms with Crippen molar-refractivity contribution in [2.75, 3.05) is 36.4 Å². The van der Waals surface area contributed by atoms with Gasteiger partial charge in [0.25, 0.3) is 0 Å². The Morgan fingerprint density at radius 1 is 1.03 bits per heavy atom. The van der Waals surface area contributed by atoms with Gasteiger partial charge in [-0.25, -0.2) is 4.98 Å². The van der Waals surface area contributed by atoms with Crippen LogP contribution in [-0.4, -0.2) is 47.9 Å². The molecular formula is C24H30N4O2S. The first-order chi connectivity index (χ1) is 15.1. The minimum absolute atomic E-state index is 0.000881. The van der Waals surface area contributed by atoms with Gasteiger partial charge in [-0.05, 0) is 51.2 Å². The number of piperazine rings is 1. The normalized spacial score (nSPS) is 21.4. The van der Waals surface area contributed by atoms with Crippen molar-refractivity contribution in [1.29, 1.82) is 0 Å². The number of carbonyl (C=O) groups excluding carboxylic acids is 2. The highest BCUT2D eigenvalue weighted by Gasteiger charge is 2.33. The molecule has 0 radical (unpaired) electrons. The first kappa shape index (κ1) is 20.5. The highest BCUT2D eigenvalue weighted by atomic mass is 32.1. The van der Waals surface area contributed by atoms with Crippen molar-refractivity contribution in [3.63, 3.8) is 0 Å². The van der Waals surface area contributed by atoms with Crippen LogP contribution in [0.25, 0.3) is 0 Å². The summed E-state index contributed by atoms with van der Waals surface area (Å²) in [6.45, 7) is 5.33. The Bertz CT molecular complexity index is 958. The predicted octanol–water partition coefficient (Wildman–Crippen LogP) is 3.64. The molecule has 2 aliphatic carbocycles. The van der Waals surface area contributed by atoms with Gasteiger partial charge in [-0.2, -0.15) is 0 Å². The van der Waals surface area contributed by atoms with Crippen LogP contribution in [0.4, 0.5) is 10.8 Å². The highest BCUT2D eigenvalue weighted by molar-refractivity contribution is 7.15. The van der Waals surface area contributed by atoms with Crippen molar-refractivity contribution in [2.45, 2.75) is 45.4 Å². The molecule has 1 saturated carbocycles. The second kappa shape index (κ2) is 8.61. The van der Waals surface area contributed by atoms with Crippen LogP contribution in [-0.2, 0) is 22.4 Å². The predicted molar refractivity (Wildman–Crippen MR) is 124 cm³/mol. The number of carbonyl (C=O) groups is 2. The summed E-state index contributed by atoms with van der Waals surface area (Å²) in [4.78, 5) is 35.8. The number of benzene rings is 1.